The van der Waals surface area contributed by atoms with Crippen molar-refractivity contribution < 1.29 is 23.6 Å². The molecule has 64 heavy (non-hydrogen) atoms. The minimum Gasteiger partial charge on any atom is -0.462 e. The summed E-state index contributed by atoms with van der Waals surface area (Å²) >= 11 is 0. The van der Waals surface area contributed by atoms with E-state index < -0.39 is 0 Å². The highest BCUT2D eigenvalue weighted by molar-refractivity contribution is 6.08. The number of hydrogen-bond donors (Lipinski definition) is 0. The standard InChI is InChI=1S/C57H56N3O4/c1-9-63-54(61)41-23-29-45-39(35-41)25-31-47-51(45)56(3,4)49(58(47)7)33-27-37-21-22-38(53(37)60(43-17-13-11-14-18-43)44-19-15-12-16-20-44)28-34-50-57(5,6)52-46-30-24-42(55(62)64-10-2)36-40(46)26-32-48(52)59(50)8/h11-20,23-36H,9-10,21-22H2,1-8H3/q+1. The number of nitrogens with zero attached hydrogens (tertiary/aromatic N) is 3. The molecule has 0 N–H and O–H groups in total. The summed E-state index contributed by atoms with van der Waals surface area (Å²) in [6.45, 7) is 13.6. The van der Waals surface area contributed by atoms with Gasteiger partial charge in [0.2, 0.25) is 5.69 Å². The Bertz CT molecular complexity index is 2980. The van der Waals surface area contributed by atoms with Crippen LogP contribution < -0.4 is 9.80 Å². The molecule has 2 heterocycles. The van der Waals surface area contributed by atoms with E-state index in [0.29, 0.717) is 24.3 Å². The van der Waals surface area contributed by atoms with Crippen molar-refractivity contribution in [2.24, 2.45) is 0 Å². The molecule has 1 aliphatic carbocycles. The molecular weight excluding hydrogens is 791 g/mol. The summed E-state index contributed by atoms with van der Waals surface area (Å²) in [5.74, 6) is -0.599. The molecule has 0 atom stereocenters. The highest BCUT2D eigenvalue weighted by atomic mass is 16.5. The molecule has 9 rings (SSSR count). The van der Waals surface area contributed by atoms with Crippen LogP contribution in [0.4, 0.5) is 22.7 Å². The first-order chi connectivity index (χ1) is 30.8. The lowest BCUT2D eigenvalue weighted by atomic mass is 9.78. The predicted octanol–water partition coefficient (Wildman–Crippen LogP) is 13.0. The summed E-state index contributed by atoms with van der Waals surface area (Å²) < 4.78 is 13.0. The third kappa shape index (κ3) is 7.13. The van der Waals surface area contributed by atoms with Gasteiger partial charge >= 0.3 is 11.9 Å². The van der Waals surface area contributed by atoms with Gasteiger partial charge < -0.3 is 19.3 Å². The van der Waals surface area contributed by atoms with Crippen molar-refractivity contribution in [1.29, 1.82) is 0 Å². The quantitative estimate of drug-likeness (QED) is 0.101. The van der Waals surface area contributed by atoms with E-state index in [4.69, 9.17) is 9.47 Å². The van der Waals surface area contributed by atoms with Gasteiger partial charge in [-0.15, -0.1) is 0 Å². The van der Waals surface area contributed by atoms with Crippen molar-refractivity contribution >= 4 is 61.9 Å². The number of rotatable bonds is 10. The first-order valence-corrected chi connectivity index (χ1v) is 22.4. The number of carbonyl (C=O) groups excluding carboxylic acids is 2. The van der Waals surface area contributed by atoms with Gasteiger partial charge in [-0.2, -0.15) is 4.58 Å². The number of likely N-dealkylation sites (N-methyl/N-ethyl adjacent to an activating group) is 1. The van der Waals surface area contributed by atoms with E-state index >= 15 is 0 Å². The summed E-state index contributed by atoms with van der Waals surface area (Å²) in [5, 5.41) is 4.33. The maximum absolute atomic E-state index is 12.7. The van der Waals surface area contributed by atoms with Gasteiger partial charge in [-0.05, 0) is 146 Å². The molecule has 0 spiro atoms. The third-order valence-corrected chi connectivity index (χ3v) is 13.4. The average Bonchev–Trinajstić information content (AvgIpc) is 3.85. The molecule has 2 aliphatic heterocycles. The molecule has 0 saturated carbocycles. The largest absolute Gasteiger partial charge is 0.462 e. The number of carbonyl (C=O) groups is 2. The van der Waals surface area contributed by atoms with E-state index in [9.17, 15) is 9.59 Å². The Kier molecular flexibility index (Phi) is 11.0. The Morgan fingerprint density at radius 1 is 0.672 bits per heavy atom. The van der Waals surface area contributed by atoms with Crippen LogP contribution in [0.15, 0.2) is 168 Å². The van der Waals surface area contributed by atoms with Gasteiger partial charge in [0.15, 0.2) is 5.71 Å². The topological polar surface area (TPSA) is 62.1 Å². The van der Waals surface area contributed by atoms with Crippen molar-refractivity contribution in [2.75, 3.05) is 37.1 Å². The minimum absolute atomic E-state index is 0.300. The molecule has 0 radical (unpaired) electrons. The third-order valence-electron chi connectivity index (χ3n) is 13.4. The van der Waals surface area contributed by atoms with Gasteiger partial charge in [-0.1, -0.05) is 80.6 Å². The number of ether oxygens (including phenoxy) is 2. The number of anilines is 3. The second-order valence-corrected chi connectivity index (χ2v) is 17.9. The molecule has 6 aromatic rings. The van der Waals surface area contributed by atoms with Crippen LogP contribution in [0.25, 0.3) is 21.5 Å². The lowest BCUT2D eigenvalue weighted by molar-refractivity contribution is -0.401. The summed E-state index contributed by atoms with van der Waals surface area (Å²) in [6, 6.07) is 41.8. The fraction of sp³-hybridized carbons (Fsp3) is 0.246. The molecule has 7 nitrogen and oxygen atoms in total. The molecule has 3 aliphatic rings. The zero-order chi connectivity index (χ0) is 44.9. The van der Waals surface area contributed by atoms with E-state index in [0.717, 1.165) is 45.8 Å². The second-order valence-electron chi connectivity index (χ2n) is 17.9. The summed E-state index contributed by atoms with van der Waals surface area (Å²) in [5.41, 5.74) is 13.7. The monoisotopic (exact) mass is 846 g/mol. The van der Waals surface area contributed by atoms with Crippen molar-refractivity contribution in [3.8, 4) is 0 Å². The number of allylic oxidation sites excluding steroid dienone is 7. The van der Waals surface area contributed by atoms with Gasteiger partial charge in [0.05, 0.1) is 35.5 Å². The average molecular weight is 847 g/mol. The van der Waals surface area contributed by atoms with E-state index in [1.54, 1.807) is 0 Å². The van der Waals surface area contributed by atoms with E-state index in [-0.39, 0.29) is 22.8 Å². The number of para-hydroxylation sites is 2. The van der Waals surface area contributed by atoms with Crippen LogP contribution in [0.1, 0.15) is 86.2 Å². The smallest absolute Gasteiger partial charge is 0.338 e. The number of hydrogen-bond acceptors (Lipinski definition) is 6. The predicted molar refractivity (Wildman–Crippen MR) is 262 cm³/mol. The van der Waals surface area contributed by atoms with Crippen molar-refractivity contribution in [2.45, 2.75) is 65.2 Å². The molecule has 0 fully saturated rings. The molecule has 7 heteroatoms. The molecular formula is C57H56N3O4+. The lowest BCUT2D eigenvalue weighted by Gasteiger charge is -2.29. The van der Waals surface area contributed by atoms with Gasteiger partial charge in [0, 0.05) is 52.9 Å². The van der Waals surface area contributed by atoms with Crippen LogP contribution in [0.2, 0.25) is 0 Å². The lowest BCUT2D eigenvalue weighted by Crippen LogP contribution is -2.27. The minimum atomic E-state index is -0.315. The molecule has 0 saturated heterocycles. The summed E-state index contributed by atoms with van der Waals surface area (Å²) in [4.78, 5) is 30.0. The Labute approximate surface area is 376 Å². The molecule has 322 valence electrons. The SMILES string of the molecule is CCOC(=O)c1ccc2c3c(ccc2c1)[N+](C)=C(/C=C/C1=C(N(c2ccccc2)c2ccccc2)C(=C/C=C2/N(C)c4ccc5cc(C(=O)OCC)ccc5c4C2(C)C)/CC1)C3(C)C. The Morgan fingerprint density at radius 2 is 1.23 bits per heavy atom. The van der Waals surface area contributed by atoms with Crippen molar-refractivity contribution in [3.63, 3.8) is 0 Å². The van der Waals surface area contributed by atoms with Crippen LogP contribution in [-0.4, -0.2) is 49.5 Å². The van der Waals surface area contributed by atoms with Gasteiger partial charge in [0.25, 0.3) is 0 Å². The number of benzene rings is 6. The molecule has 6 aromatic carbocycles. The highest BCUT2D eigenvalue weighted by Crippen LogP contribution is 2.51. The first-order valence-electron chi connectivity index (χ1n) is 22.4. The van der Waals surface area contributed by atoms with Crippen LogP contribution in [0.3, 0.4) is 0 Å². The Hall–Kier alpha value is -6.99. The van der Waals surface area contributed by atoms with Crippen molar-refractivity contribution in [3.05, 3.63) is 190 Å². The van der Waals surface area contributed by atoms with Crippen LogP contribution in [0.5, 0.6) is 0 Å². The fourth-order valence-electron chi connectivity index (χ4n) is 10.4. The normalized spacial score (nSPS) is 17.6. The first kappa shape index (κ1) is 42.3. The Morgan fingerprint density at radius 3 is 1.81 bits per heavy atom. The Balaban J connectivity index is 1.14. The zero-order valence-electron chi connectivity index (χ0n) is 38.2. The van der Waals surface area contributed by atoms with Crippen molar-refractivity contribution in [1.82, 2.24) is 0 Å². The molecule has 0 amide bonds. The number of fused-ring (bicyclic) bond motifs is 6. The fourth-order valence-corrected chi connectivity index (χ4v) is 10.4. The summed E-state index contributed by atoms with van der Waals surface area (Å²) in [7, 11) is 4.32. The molecule has 0 aromatic heterocycles. The van der Waals surface area contributed by atoms with Gasteiger partial charge in [-0.3, -0.25) is 0 Å². The maximum atomic E-state index is 12.7. The van der Waals surface area contributed by atoms with Crippen LogP contribution in [-0.2, 0) is 20.3 Å². The van der Waals surface area contributed by atoms with E-state index in [1.807, 2.05) is 38.1 Å². The summed E-state index contributed by atoms with van der Waals surface area (Å²) in [6.07, 6.45) is 11.1. The van der Waals surface area contributed by atoms with E-state index in [2.05, 4.69) is 178 Å². The van der Waals surface area contributed by atoms with Crippen LogP contribution >= 0.6 is 0 Å². The molecule has 0 bridgehead atoms. The van der Waals surface area contributed by atoms with Gasteiger partial charge in [-0.25, -0.2) is 9.59 Å². The van der Waals surface area contributed by atoms with Crippen LogP contribution in [0, 0.1) is 0 Å². The van der Waals surface area contributed by atoms with Gasteiger partial charge in [0.1, 0.15) is 7.05 Å². The van der Waals surface area contributed by atoms with E-state index in [1.165, 1.54) is 50.8 Å². The maximum Gasteiger partial charge on any atom is 0.338 e. The second kappa shape index (κ2) is 16.6. The molecule has 0 unspecified atom stereocenters. The number of esters is 2. The zero-order valence-corrected chi connectivity index (χ0v) is 38.2. The highest BCUT2D eigenvalue weighted by Gasteiger charge is 2.45.